The Hall–Kier alpha value is -3.32. The number of nitrogens with zero attached hydrogens (tertiary/aromatic N) is 4. The lowest BCUT2D eigenvalue weighted by Crippen LogP contribution is -2.21. The van der Waals surface area contributed by atoms with Gasteiger partial charge in [0.15, 0.2) is 5.69 Å². The van der Waals surface area contributed by atoms with Crippen LogP contribution in [-0.2, 0) is 17.9 Å². The number of rotatable bonds is 3. The predicted octanol–water partition coefficient (Wildman–Crippen LogP) is 4.32. The summed E-state index contributed by atoms with van der Waals surface area (Å²) >= 11 is 0. The van der Waals surface area contributed by atoms with Gasteiger partial charge in [-0.1, -0.05) is 47.1 Å². The van der Waals surface area contributed by atoms with Gasteiger partial charge in [0.2, 0.25) is 5.82 Å². The molecule has 0 N–H and O–H groups in total. The monoisotopic (exact) mass is 376 g/mol. The van der Waals surface area contributed by atoms with Gasteiger partial charge in [-0.15, -0.1) is 0 Å². The number of hydrogen-bond acceptors (Lipinski definition) is 5. The van der Waals surface area contributed by atoms with Gasteiger partial charge in [-0.2, -0.15) is 4.98 Å². The fourth-order valence-corrected chi connectivity index (χ4v) is 3.45. The van der Waals surface area contributed by atoms with Crippen LogP contribution in [-0.4, -0.2) is 19.7 Å². The molecule has 4 aromatic rings. The van der Waals surface area contributed by atoms with Crippen LogP contribution in [0.1, 0.15) is 22.9 Å². The standard InChI is InChI=1S/C21H17FN4O2/c1-13-5-4-6-14(9-13)20-24-21(28-25-20)19-17-11-27-18(10-26(17)12-23-19)15-7-2-3-8-16(15)22/h2-9,12,18H,10-11H2,1H3/t18-/m1/s1. The Morgan fingerprint density at radius 1 is 1.14 bits per heavy atom. The first-order valence-corrected chi connectivity index (χ1v) is 9.00. The summed E-state index contributed by atoms with van der Waals surface area (Å²) in [5.74, 6) is 0.593. The first kappa shape index (κ1) is 16.8. The molecule has 2 aromatic carbocycles. The maximum atomic E-state index is 14.1. The number of aryl methyl sites for hydroxylation is 1. The Bertz CT molecular complexity index is 1150. The van der Waals surface area contributed by atoms with Crippen LogP contribution in [0.25, 0.3) is 23.0 Å². The average molecular weight is 376 g/mol. The highest BCUT2D eigenvalue weighted by Gasteiger charge is 2.27. The lowest BCUT2D eigenvalue weighted by atomic mass is 10.1. The average Bonchev–Trinajstić information content (AvgIpc) is 3.35. The molecule has 6 nitrogen and oxygen atoms in total. The van der Waals surface area contributed by atoms with Crippen molar-refractivity contribution in [1.29, 1.82) is 0 Å². The topological polar surface area (TPSA) is 66.0 Å². The second kappa shape index (κ2) is 6.69. The van der Waals surface area contributed by atoms with E-state index in [9.17, 15) is 4.39 Å². The summed E-state index contributed by atoms with van der Waals surface area (Å²) < 4.78 is 27.4. The van der Waals surface area contributed by atoms with Crippen molar-refractivity contribution < 1.29 is 13.7 Å². The van der Waals surface area contributed by atoms with Crippen LogP contribution < -0.4 is 0 Å². The first-order chi connectivity index (χ1) is 13.7. The third-order valence-electron chi connectivity index (χ3n) is 4.89. The zero-order chi connectivity index (χ0) is 19.1. The largest absolute Gasteiger partial charge is 0.365 e. The third-order valence-corrected chi connectivity index (χ3v) is 4.89. The Balaban J connectivity index is 1.44. The molecule has 7 heteroatoms. The van der Waals surface area contributed by atoms with Gasteiger partial charge in [0, 0.05) is 11.1 Å². The van der Waals surface area contributed by atoms with Crippen molar-refractivity contribution in [2.24, 2.45) is 0 Å². The summed E-state index contributed by atoms with van der Waals surface area (Å²) in [5, 5.41) is 4.08. The SMILES string of the molecule is Cc1cccc(-c2noc(-c3ncn4c3CO[C@@H](c3ccccc3F)C4)n2)c1. The van der Waals surface area contributed by atoms with E-state index in [-0.39, 0.29) is 18.5 Å². The van der Waals surface area contributed by atoms with Gasteiger partial charge < -0.3 is 13.8 Å². The molecule has 0 fully saturated rings. The van der Waals surface area contributed by atoms with Gasteiger partial charge in [0.05, 0.1) is 25.2 Å². The number of imidazole rings is 1. The second-order valence-corrected chi connectivity index (χ2v) is 6.81. The molecule has 1 aliphatic rings. The van der Waals surface area contributed by atoms with Crippen molar-refractivity contribution in [3.63, 3.8) is 0 Å². The van der Waals surface area contributed by atoms with Gasteiger partial charge >= 0.3 is 0 Å². The Labute approximate surface area is 160 Å². The number of fused-ring (bicyclic) bond motifs is 1. The van der Waals surface area contributed by atoms with Crippen LogP contribution >= 0.6 is 0 Å². The number of aromatic nitrogens is 4. The van der Waals surface area contributed by atoms with E-state index in [0.29, 0.717) is 29.5 Å². The van der Waals surface area contributed by atoms with Crippen LogP contribution in [0.5, 0.6) is 0 Å². The van der Waals surface area contributed by atoms with Crippen molar-refractivity contribution in [2.45, 2.75) is 26.2 Å². The molecule has 0 unspecified atom stereocenters. The highest BCUT2D eigenvalue weighted by atomic mass is 19.1. The predicted molar refractivity (Wildman–Crippen MR) is 99.6 cm³/mol. The van der Waals surface area contributed by atoms with Gasteiger partial charge in [0.25, 0.3) is 5.89 Å². The fraction of sp³-hybridized carbons (Fsp3) is 0.190. The van der Waals surface area contributed by atoms with Crippen LogP contribution in [0, 0.1) is 12.7 Å². The number of ether oxygens (including phenoxy) is 1. The summed E-state index contributed by atoms with van der Waals surface area (Å²) in [5.41, 5.74) is 3.99. The molecule has 140 valence electrons. The summed E-state index contributed by atoms with van der Waals surface area (Å²) in [7, 11) is 0. The summed E-state index contributed by atoms with van der Waals surface area (Å²) in [6.45, 7) is 2.78. The van der Waals surface area contributed by atoms with Crippen LogP contribution in [0.2, 0.25) is 0 Å². The summed E-state index contributed by atoms with van der Waals surface area (Å²) in [4.78, 5) is 8.93. The van der Waals surface area contributed by atoms with Crippen molar-refractivity contribution in [2.75, 3.05) is 0 Å². The zero-order valence-electron chi connectivity index (χ0n) is 15.2. The lowest BCUT2D eigenvalue weighted by molar-refractivity contribution is 0.00126. The van der Waals surface area contributed by atoms with Crippen LogP contribution in [0.3, 0.4) is 0 Å². The Kier molecular flexibility index (Phi) is 4.02. The molecule has 0 saturated heterocycles. The van der Waals surface area contributed by atoms with Crippen LogP contribution in [0.4, 0.5) is 4.39 Å². The van der Waals surface area contributed by atoms with Gasteiger partial charge in [-0.05, 0) is 19.1 Å². The van der Waals surface area contributed by atoms with E-state index >= 15 is 0 Å². The molecule has 0 saturated carbocycles. The van der Waals surface area contributed by atoms with Gasteiger partial charge in [-0.3, -0.25) is 0 Å². The molecule has 3 heterocycles. The minimum Gasteiger partial charge on any atom is -0.365 e. The second-order valence-electron chi connectivity index (χ2n) is 6.81. The molecule has 0 spiro atoms. The molecule has 1 aliphatic heterocycles. The van der Waals surface area contributed by atoms with E-state index in [2.05, 4.69) is 15.1 Å². The summed E-state index contributed by atoms with van der Waals surface area (Å²) in [6, 6.07) is 14.6. The maximum Gasteiger partial charge on any atom is 0.278 e. The molecule has 28 heavy (non-hydrogen) atoms. The maximum absolute atomic E-state index is 14.1. The quantitative estimate of drug-likeness (QED) is 0.533. The van der Waals surface area contributed by atoms with Crippen molar-refractivity contribution in [1.82, 2.24) is 19.7 Å². The minimum atomic E-state index is -0.360. The molecular weight excluding hydrogens is 359 g/mol. The minimum absolute atomic E-state index is 0.268. The van der Waals surface area contributed by atoms with Crippen LogP contribution in [0.15, 0.2) is 59.4 Å². The molecule has 5 rings (SSSR count). The highest BCUT2D eigenvalue weighted by Crippen LogP contribution is 2.32. The van der Waals surface area contributed by atoms with E-state index < -0.39 is 0 Å². The zero-order valence-corrected chi connectivity index (χ0v) is 15.2. The lowest BCUT2D eigenvalue weighted by Gasteiger charge is -2.25. The Morgan fingerprint density at radius 3 is 2.89 bits per heavy atom. The molecule has 2 aromatic heterocycles. The van der Waals surface area contributed by atoms with Crippen molar-refractivity contribution in [3.05, 3.63) is 77.5 Å². The molecule has 0 radical (unpaired) electrons. The molecule has 0 aliphatic carbocycles. The Morgan fingerprint density at radius 2 is 2.04 bits per heavy atom. The molecule has 0 bridgehead atoms. The van der Waals surface area contributed by atoms with Gasteiger partial charge in [0.1, 0.15) is 11.9 Å². The molecule has 1 atom stereocenters. The number of benzene rings is 2. The van der Waals surface area contributed by atoms with Crippen molar-refractivity contribution in [3.8, 4) is 23.0 Å². The van der Waals surface area contributed by atoms with E-state index in [1.54, 1.807) is 18.5 Å². The van der Waals surface area contributed by atoms with E-state index in [1.807, 2.05) is 41.8 Å². The summed E-state index contributed by atoms with van der Waals surface area (Å²) in [6.07, 6.45) is 1.35. The first-order valence-electron chi connectivity index (χ1n) is 9.00. The highest BCUT2D eigenvalue weighted by molar-refractivity contribution is 5.59. The fourth-order valence-electron chi connectivity index (χ4n) is 3.45. The molecule has 0 amide bonds. The number of halogens is 1. The van der Waals surface area contributed by atoms with Crippen molar-refractivity contribution >= 4 is 0 Å². The van der Waals surface area contributed by atoms with E-state index in [4.69, 9.17) is 9.26 Å². The molecular formula is C21H17FN4O2. The smallest absolute Gasteiger partial charge is 0.278 e. The van der Waals surface area contributed by atoms with Gasteiger partial charge in [-0.25, -0.2) is 9.37 Å². The normalized spacial score (nSPS) is 16.1. The number of hydrogen-bond donors (Lipinski definition) is 0. The van der Waals surface area contributed by atoms with E-state index in [1.165, 1.54) is 6.07 Å². The third kappa shape index (κ3) is 2.90. The van der Waals surface area contributed by atoms with E-state index in [0.717, 1.165) is 16.8 Å².